The maximum Gasteiger partial charge on any atom is -0.194 e. The van der Waals surface area contributed by atoms with Gasteiger partial charge in [0, 0.05) is 0 Å². The normalized spacial score (nSPS) is 14.1. The number of nitrogens with two attached hydrogens (primary N) is 1. The van der Waals surface area contributed by atoms with Crippen LogP contribution in [0.2, 0.25) is 5.02 Å². The van der Waals surface area contributed by atoms with Crippen LogP contribution >= 0.6 is 23.4 Å². The SMILES string of the molecule is CC(C)(C)OC(N)=O.O=C1CCSc2cc(F)c([C]3=[W]=[N]3)cc2N1Cc1ccc(Cl)cc1.[CH2-]C. The minimum atomic E-state index is -0.819. The number of rotatable bonds is 3. The summed E-state index contributed by atoms with van der Waals surface area (Å²) in [4.78, 5) is 25.2. The van der Waals surface area contributed by atoms with E-state index >= 15 is 0 Å². The number of primary amides is 1. The summed E-state index contributed by atoms with van der Waals surface area (Å²) in [7, 11) is 0. The van der Waals surface area contributed by atoms with Crippen molar-refractivity contribution in [2.75, 3.05) is 10.7 Å². The number of carbonyl (C=O) groups is 2. The molecule has 0 saturated heterocycles. The van der Waals surface area contributed by atoms with Gasteiger partial charge in [-0.2, -0.15) is 6.92 Å². The molecule has 2 amide bonds. The predicted octanol–water partition coefficient (Wildman–Crippen LogP) is 5.99. The molecular formula is C24H28ClFN3O3SW-. The number of benzene rings is 2. The second kappa shape index (κ2) is 12.7. The zero-order valence-corrected chi connectivity index (χ0v) is 24.1. The Balaban J connectivity index is 0.000000350. The second-order valence-electron chi connectivity index (χ2n) is 8.03. The van der Waals surface area contributed by atoms with Crippen molar-refractivity contribution in [1.82, 2.24) is 0 Å². The Labute approximate surface area is 217 Å². The van der Waals surface area contributed by atoms with Crippen LogP contribution in [-0.4, -0.2) is 27.4 Å². The Bertz CT molecular complexity index is 1110. The average molecular weight is 677 g/mol. The number of fused-ring (bicyclic) bond motifs is 1. The van der Waals surface area contributed by atoms with Gasteiger partial charge in [-0.25, -0.2) is 4.79 Å². The molecule has 34 heavy (non-hydrogen) atoms. The van der Waals surface area contributed by atoms with E-state index in [2.05, 4.69) is 15.2 Å². The van der Waals surface area contributed by atoms with E-state index in [-0.39, 0.29) is 11.7 Å². The molecule has 0 unspecified atom stereocenters. The van der Waals surface area contributed by atoms with Crippen molar-refractivity contribution >= 4 is 45.1 Å². The van der Waals surface area contributed by atoms with Crippen LogP contribution in [0.15, 0.2) is 44.8 Å². The first-order valence-electron chi connectivity index (χ1n) is 10.5. The van der Waals surface area contributed by atoms with Gasteiger partial charge in [0.1, 0.15) is 5.60 Å². The molecule has 2 aromatic carbocycles. The van der Waals surface area contributed by atoms with Crippen molar-refractivity contribution in [3.63, 3.8) is 0 Å². The summed E-state index contributed by atoms with van der Waals surface area (Å²) in [5.74, 6) is 0.503. The summed E-state index contributed by atoms with van der Waals surface area (Å²) in [6.07, 6.45) is -0.279. The van der Waals surface area contributed by atoms with Crippen molar-refractivity contribution in [1.29, 1.82) is 0 Å². The fourth-order valence-electron chi connectivity index (χ4n) is 2.92. The maximum absolute atomic E-state index is 14.3. The van der Waals surface area contributed by atoms with Crippen molar-refractivity contribution < 1.29 is 36.6 Å². The molecule has 0 atom stereocenters. The third-order valence-corrected chi connectivity index (χ3v) is 7.69. The second-order valence-corrected chi connectivity index (χ2v) is 12.3. The first kappa shape index (κ1) is 28.3. The summed E-state index contributed by atoms with van der Waals surface area (Å²) in [5, 5.41) is 0.666. The number of halogens is 2. The van der Waals surface area contributed by atoms with E-state index in [4.69, 9.17) is 17.3 Å². The monoisotopic (exact) mass is 676 g/mol. The topological polar surface area (TPSA) is 85.0 Å². The number of ether oxygens (including phenoxy) is 1. The molecule has 0 aliphatic carbocycles. The Morgan fingerprint density at radius 2 is 1.91 bits per heavy atom. The first-order chi connectivity index (χ1) is 16.0. The van der Waals surface area contributed by atoms with Crippen molar-refractivity contribution in [3.8, 4) is 0 Å². The van der Waals surface area contributed by atoms with Crippen molar-refractivity contribution in [3.05, 3.63) is 65.3 Å². The number of thioether (sulfide) groups is 1. The van der Waals surface area contributed by atoms with E-state index in [1.54, 1.807) is 38.7 Å². The van der Waals surface area contributed by atoms with Crippen molar-refractivity contribution in [2.45, 2.75) is 51.2 Å². The molecule has 2 N–H and O–H groups in total. The van der Waals surface area contributed by atoms with Crippen LogP contribution in [-0.2, 0) is 34.0 Å². The Hall–Kier alpha value is -1.89. The smallest absolute Gasteiger partial charge is 0.194 e. The van der Waals surface area contributed by atoms with E-state index in [1.165, 1.54) is 11.8 Å². The van der Waals surface area contributed by atoms with Crippen LogP contribution in [0.4, 0.5) is 14.9 Å². The molecule has 2 aromatic rings. The molecule has 10 heteroatoms. The Morgan fingerprint density at radius 3 is 2.41 bits per heavy atom. The zero-order valence-electron chi connectivity index (χ0n) is 19.6. The van der Waals surface area contributed by atoms with Gasteiger partial charge in [-0.3, -0.25) is 0 Å². The average Bonchev–Trinajstić information content (AvgIpc) is 3.59. The van der Waals surface area contributed by atoms with Gasteiger partial charge in [0.25, 0.3) is 0 Å². The number of nitrogens with zero attached hydrogens (tertiary/aromatic N) is 2. The van der Waals surface area contributed by atoms with E-state index < -0.39 is 29.6 Å². The predicted molar refractivity (Wildman–Crippen MR) is 132 cm³/mol. The quantitative estimate of drug-likeness (QED) is 0.406. The Morgan fingerprint density at radius 1 is 1.29 bits per heavy atom. The zero-order chi connectivity index (χ0) is 25.5. The molecule has 6 nitrogen and oxygen atoms in total. The van der Waals surface area contributed by atoms with Crippen molar-refractivity contribution in [2.24, 2.45) is 9.23 Å². The van der Waals surface area contributed by atoms with Crippen LogP contribution in [0.25, 0.3) is 0 Å². The molecule has 184 valence electrons. The number of amides is 2. The summed E-state index contributed by atoms with van der Waals surface area (Å²) >= 11 is 6.65. The number of hydrogen-bond donors (Lipinski definition) is 1. The van der Waals surface area contributed by atoms with E-state index in [0.717, 1.165) is 20.2 Å². The Kier molecular flexibility index (Phi) is 10.6. The van der Waals surface area contributed by atoms with Gasteiger partial charge in [-0.1, -0.05) is 0 Å². The summed E-state index contributed by atoms with van der Waals surface area (Å²) in [5.41, 5.74) is 6.63. The molecular weight excluding hydrogens is 649 g/mol. The molecule has 0 radical (unpaired) electrons. The first-order valence-corrected chi connectivity index (χ1v) is 14.6. The van der Waals surface area contributed by atoms with E-state index in [0.29, 0.717) is 29.3 Å². The van der Waals surface area contributed by atoms with E-state index in [1.807, 2.05) is 30.3 Å². The minimum absolute atomic E-state index is 0.0613. The largest absolute Gasteiger partial charge is 0.346 e. The molecule has 4 rings (SSSR count). The summed E-state index contributed by atoms with van der Waals surface area (Å²) < 4.78 is 24.1. The third-order valence-electron chi connectivity index (χ3n) is 4.29. The van der Waals surface area contributed by atoms with Crippen LogP contribution in [0.1, 0.15) is 45.2 Å². The van der Waals surface area contributed by atoms with Gasteiger partial charge in [0.2, 0.25) is 0 Å². The van der Waals surface area contributed by atoms with Gasteiger partial charge in [-0.05, 0) is 20.8 Å². The van der Waals surface area contributed by atoms with Gasteiger partial charge >= 0.3 is 163 Å². The van der Waals surface area contributed by atoms with Gasteiger partial charge < -0.3 is 17.4 Å². The standard InChI is InChI=1S/C17H12ClFN2OS.C5H11NO2.C2H5.W/c18-13-3-1-11(2-4-13)10-21-15-7-12(9-20)14(19)8-16(15)23-6-5-17(21)22;1-5(2,3)8-4(6)7;1-2;/h1-4,7-8H,5-6,10H2;1-3H3,(H2,6,7);1H2,2H3;/q;;-1;. The van der Waals surface area contributed by atoms with E-state index in [9.17, 15) is 14.0 Å². The van der Waals surface area contributed by atoms with Crippen LogP contribution in [0, 0.1) is 12.7 Å². The molecule has 0 fully saturated rings. The number of carbonyl (C=O) groups excluding carboxylic acids is 2. The molecule has 2 heterocycles. The maximum atomic E-state index is 14.3. The van der Waals surface area contributed by atoms with Crippen LogP contribution in [0.5, 0.6) is 0 Å². The third kappa shape index (κ3) is 8.71. The van der Waals surface area contributed by atoms with Crippen LogP contribution in [0.3, 0.4) is 0 Å². The molecule has 0 bridgehead atoms. The van der Waals surface area contributed by atoms with Gasteiger partial charge in [0.15, 0.2) is 0 Å². The summed E-state index contributed by atoms with van der Waals surface area (Å²) in [6.45, 7) is 10.7. The molecule has 2 aliphatic rings. The summed E-state index contributed by atoms with van der Waals surface area (Å²) in [6, 6.07) is 10.8. The molecule has 2 aliphatic heterocycles. The molecule has 0 saturated carbocycles. The fraction of sp³-hybridized carbons (Fsp3) is 0.333. The van der Waals surface area contributed by atoms with Crippen LogP contribution < -0.4 is 10.6 Å². The van der Waals surface area contributed by atoms with Gasteiger partial charge in [-0.15, -0.1) is 0 Å². The fourth-order valence-corrected chi connectivity index (χ4v) is 5.48. The molecule has 0 aromatic heterocycles. The van der Waals surface area contributed by atoms with Gasteiger partial charge in [0.05, 0.1) is 0 Å². The number of hydrogen-bond acceptors (Lipinski definition) is 5. The molecule has 0 spiro atoms. The number of anilines is 1. The minimum Gasteiger partial charge on any atom is -0.346 e.